The van der Waals surface area contributed by atoms with Gasteiger partial charge in [0.1, 0.15) is 11.6 Å². The van der Waals surface area contributed by atoms with Gasteiger partial charge >= 0.3 is 10.2 Å². The van der Waals surface area contributed by atoms with Crippen molar-refractivity contribution < 1.29 is 17.9 Å². The maximum atomic E-state index is 12.1. The van der Waals surface area contributed by atoms with Crippen LogP contribution < -0.4 is 25.4 Å². The summed E-state index contributed by atoms with van der Waals surface area (Å²) in [6, 6.07) is 8.60. The molecular formula is C21H26N6O4S. The molecule has 0 spiro atoms. The van der Waals surface area contributed by atoms with Crippen molar-refractivity contribution >= 4 is 33.5 Å². The van der Waals surface area contributed by atoms with Crippen molar-refractivity contribution in [2.75, 3.05) is 35.9 Å². The minimum absolute atomic E-state index is 0.0917. The van der Waals surface area contributed by atoms with E-state index in [2.05, 4.69) is 24.3 Å². The van der Waals surface area contributed by atoms with Crippen molar-refractivity contribution in [1.82, 2.24) is 10.3 Å². The average molecular weight is 459 g/mol. The van der Waals surface area contributed by atoms with Crippen LogP contribution in [0.15, 0.2) is 40.9 Å². The van der Waals surface area contributed by atoms with E-state index in [0.29, 0.717) is 35.7 Å². The standard InChI is InChI=1S/C21H26N6O4S/c1-2-23-21(28)15-8-9-24-18(11-15)27-10-4-5-14(12-27)13-31-17-7-3-6-16-19(17)20(22)26-32(29,30)25-16/h3,6-9,11,14,25H,2,4-5,10,12-13H2,1H3,(H2,22,26)(H,23,28)/t14-/m0/s1. The molecule has 4 rings (SSSR count). The summed E-state index contributed by atoms with van der Waals surface area (Å²) in [6.07, 6.45) is 3.61. The van der Waals surface area contributed by atoms with Gasteiger partial charge in [-0.3, -0.25) is 9.52 Å². The molecule has 11 heteroatoms. The largest absolute Gasteiger partial charge is 0.492 e. The molecule has 1 aromatic heterocycles. The fourth-order valence-electron chi connectivity index (χ4n) is 3.95. The van der Waals surface area contributed by atoms with Gasteiger partial charge in [-0.2, -0.15) is 8.42 Å². The summed E-state index contributed by atoms with van der Waals surface area (Å²) >= 11 is 0. The highest BCUT2D eigenvalue weighted by Crippen LogP contribution is 2.31. The van der Waals surface area contributed by atoms with E-state index >= 15 is 0 Å². The van der Waals surface area contributed by atoms with Gasteiger partial charge in [-0.15, -0.1) is 4.40 Å². The Bertz CT molecular complexity index is 1150. The number of benzene rings is 1. The van der Waals surface area contributed by atoms with Crippen molar-refractivity contribution in [3.05, 3.63) is 47.7 Å². The zero-order chi connectivity index (χ0) is 22.7. The fourth-order valence-corrected chi connectivity index (χ4v) is 4.79. The predicted octanol–water partition coefficient (Wildman–Crippen LogP) is 1.50. The molecule has 0 bridgehead atoms. The number of rotatable bonds is 6. The number of aromatic nitrogens is 1. The molecule has 1 aromatic carbocycles. The number of amidine groups is 1. The van der Waals surface area contributed by atoms with Crippen molar-refractivity contribution in [3.8, 4) is 5.75 Å². The van der Waals surface area contributed by atoms with Crippen LogP contribution >= 0.6 is 0 Å². The molecule has 1 atom stereocenters. The van der Waals surface area contributed by atoms with Crippen molar-refractivity contribution in [1.29, 1.82) is 0 Å². The van der Waals surface area contributed by atoms with Crippen LogP contribution in [0, 0.1) is 5.92 Å². The minimum Gasteiger partial charge on any atom is -0.492 e. The normalized spacial score (nSPS) is 19.3. The molecule has 2 aromatic rings. The van der Waals surface area contributed by atoms with Gasteiger partial charge in [-0.05, 0) is 44.0 Å². The molecule has 10 nitrogen and oxygen atoms in total. The Morgan fingerprint density at radius 1 is 1.38 bits per heavy atom. The second-order valence-corrected chi connectivity index (χ2v) is 9.10. The van der Waals surface area contributed by atoms with E-state index in [4.69, 9.17) is 10.5 Å². The number of anilines is 2. The number of pyridine rings is 1. The number of ether oxygens (including phenoxy) is 1. The number of hydrogen-bond acceptors (Lipinski definition) is 7. The summed E-state index contributed by atoms with van der Waals surface area (Å²) < 4.78 is 35.5. The molecule has 3 heterocycles. The summed E-state index contributed by atoms with van der Waals surface area (Å²) in [6.45, 7) is 4.47. The first kappa shape index (κ1) is 21.9. The first-order valence-electron chi connectivity index (χ1n) is 10.5. The number of amides is 1. The highest BCUT2D eigenvalue weighted by molar-refractivity contribution is 7.91. The summed E-state index contributed by atoms with van der Waals surface area (Å²) in [5.41, 5.74) is 7.28. The van der Waals surface area contributed by atoms with E-state index in [0.717, 1.165) is 31.7 Å². The van der Waals surface area contributed by atoms with Gasteiger partial charge in [0.05, 0.1) is 17.9 Å². The smallest absolute Gasteiger partial charge is 0.344 e. The number of nitrogens with two attached hydrogens (primary N) is 1. The quantitative estimate of drug-likeness (QED) is 0.596. The Morgan fingerprint density at radius 3 is 3.03 bits per heavy atom. The van der Waals surface area contributed by atoms with Crippen LogP contribution in [0.25, 0.3) is 0 Å². The van der Waals surface area contributed by atoms with Gasteiger partial charge in [-0.1, -0.05) is 6.07 Å². The van der Waals surface area contributed by atoms with Crippen LogP contribution in [0.4, 0.5) is 11.5 Å². The lowest BCUT2D eigenvalue weighted by Crippen LogP contribution is -2.38. The number of nitrogens with zero attached hydrogens (tertiary/aromatic N) is 3. The van der Waals surface area contributed by atoms with Crippen LogP contribution in [0.2, 0.25) is 0 Å². The molecule has 0 unspecified atom stereocenters. The molecule has 2 aliphatic rings. The third kappa shape index (κ3) is 4.77. The monoisotopic (exact) mass is 458 g/mol. The molecule has 1 amide bonds. The van der Waals surface area contributed by atoms with Gasteiger partial charge in [0, 0.05) is 37.3 Å². The second-order valence-electron chi connectivity index (χ2n) is 7.76. The minimum atomic E-state index is -3.83. The Hall–Kier alpha value is -3.34. The lowest BCUT2D eigenvalue weighted by Gasteiger charge is -2.33. The average Bonchev–Trinajstić information content (AvgIpc) is 2.77. The maximum absolute atomic E-state index is 12.1. The lowest BCUT2D eigenvalue weighted by atomic mass is 9.98. The summed E-state index contributed by atoms with van der Waals surface area (Å²) in [5.74, 6) is 1.27. The highest BCUT2D eigenvalue weighted by atomic mass is 32.2. The number of nitrogens with one attached hydrogen (secondary N) is 2. The highest BCUT2D eigenvalue weighted by Gasteiger charge is 2.26. The van der Waals surface area contributed by atoms with Crippen molar-refractivity contribution in [2.45, 2.75) is 19.8 Å². The van der Waals surface area contributed by atoms with E-state index in [1.165, 1.54) is 0 Å². The van der Waals surface area contributed by atoms with Gasteiger partial charge in [0.15, 0.2) is 5.84 Å². The third-order valence-corrected chi connectivity index (χ3v) is 6.32. The molecule has 1 saturated heterocycles. The van der Waals surface area contributed by atoms with E-state index in [1.807, 2.05) is 13.0 Å². The van der Waals surface area contributed by atoms with Gasteiger partial charge in [0.25, 0.3) is 5.91 Å². The Kier molecular flexibility index (Phi) is 6.17. The van der Waals surface area contributed by atoms with Crippen LogP contribution in [0.3, 0.4) is 0 Å². The molecule has 0 saturated carbocycles. The summed E-state index contributed by atoms with van der Waals surface area (Å²) in [7, 11) is -3.83. The van der Waals surface area contributed by atoms with E-state index < -0.39 is 10.2 Å². The zero-order valence-electron chi connectivity index (χ0n) is 17.7. The van der Waals surface area contributed by atoms with E-state index in [9.17, 15) is 13.2 Å². The molecule has 2 aliphatic heterocycles. The summed E-state index contributed by atoms with van der Waals surface area (Å²) in [4.78, 5) is 18.8. The van der Waals surface area contributed by atoms with Crippen LogP contribution in [-0.2, 0) is 10.2 Å². The van der Waals surface area contributed by atoms with Gasteiger partial charge < -0.3 is 20.7 Å². The first-order valence-corrected chi connectivity index (χ1v) is 11.9. The molecule has 0 aliphatic carbocycles. The number of hydrogen-bond donors (Lipinski definition) is 3. The zero-order valence-corrected chi connectivity index (χ0v) is 18.6. The Balaban J connectivity index is 1.44. The number of carbonyl (C=O) groups is 1. The third-order valence-electron chi connectivity index (χ3n) is 5.40. The van der Waals surface area contributed by atoms with E-state index in [-0.39, 0.29) is 17.7 Å². The second kappa shape index (κ2) is 9.03. The van der Waals surface area contributed by atoms with Gasteiger partial charge in [-0.25, -0.2) is 4.98 Å². The van der Waals surface area contributed by atoms with Crippen LogP contribution in [0.1, 0.15) is 35.7 Å². The molecule has 4 N–H and O–H groups in total. The van der Waals surface area contributed by atoms with E-state index in [1.54, 1.807) is 30.5 Å². The molecule has 170 valence electrons. The number of piperidine rings is 1. The van der Waals surface area contributed by atoms with Crippen LogP contribution in [-0.4, -0.2) is 51.4 Å². The number of fused-ring (bicyclic) bond motifs is 1. The fraction of sp³-hybridized carbons (Fsp3) is 0.381. The molecule has 32 heavy (non-hydrogen) atoms. The SMILES string of the molecule is CCNC(=O)c1ccnc(N2CCC[C@H](COc3cccc4c3C(N)=NS(=O)(=O)N4)C2)c1. The Labute approximate surface area is 187 Å². The van der Waals surface area contributed by atoms with Crippen LogP contribution in [0.5, 0.6) is 5.75 Å². The molecule has 0 radical (unpaired) electrons. The summed E-state index contributed by atoms with van der Waals surface area (Å²) in [5, 5.41) is 2.80. The Morgan fingerprint density at radius 2 is 2.22 bits per heavy atom. The first-order chi connectivity index (χ1) is 15.4. The van der Waals surface area contributed by atoms with Crippen molar-refractivity contribution in [3.63, 3.8) is 0 Å². The van der Waals surface area contributed by atoms with Gasteiger partial charge in [0.2, 0.25) is 0 Å². The molecular weight excluding hydrogens is 432 g/mol. The molecule has 1 fully saturated rings. The lowest BCUT2D eigenvalue weighted by molar-refractivity contribution is 0.0955. The number of carbonyl (C=O) groups excluding carboxylic acids is 1. The maximum Gasteiger partial charge on any atom is 0.344 e. The topological polar surface area (TPSA) is 139 Å². The predicted molar refractivity (Wildman–Crippen MR) is 122 cm³/mol. The van der Waals surface area contributed by atoms with Crippen molar-refractivity contribution in [2.24, 2.45) is 16.0 Å².